The number of fused-ring (bicyclic) bond motifs is 3. The van der Waals surface area contributed by atoms with Crippen molar-refractivity contribution in [1.82, 2.24) is 4.57 Å². The monoisotopic (exact) mass is 382 g/mol. The number of hydrogen-bond donors (Lipinski definition) is 3. The van der Waals surface area contributed by atoms with Crippen molar-refractivity contribution in [2.45, 2.75) is 6.54 Å². The molecule has 0 unspecified atom stereocenters. The Kier molecular flexibility index (Phi) is 3.88. The molecule has 0 bridgehead atoms. The summed E-state index contributed by atoms with van der Waals surface area (Å²) in [5.74, 6) is -0.503. The fraction of sp³-hybridized carbons (Fsp3) is 0.0417. The second kappa shape index (κ2) is 6.56. The summed E-state index contributed by atoms with van der Waals surface area (Å²) in [6.45, 7) is 0.686. The molecule has 0 saturated heterocycles. The van der Waals surface area contributed by atoms with Gasteiger partial charge in [-0.2, -0.15) is 0 Å². The zero-order valence-corrected chi connectivity index (χ0v) is 15.5. The fourth-order valence-corrected chi connectivity index (χ4v) is 3.93. The summed E-state index contributed by atoms with van der Waals surface area (Å²) in [4.78, 5) is 11.6. The average molecular weight is 382 g/mol. The molecule has 0 fully saturated rings. The molecule has 0 amide bonds. The van der Waals surface area contributed by atoms with Crippen LogP contribution in [0.15, 0.2) is 78.9 Å². The maximum atomic E-state index is 11.6. The highest BCUT2D eigenvalue weighted by atomic mass is 16.4. The highest BCUT2D eigenvalue weighted by Gasteiger charge is 2.24. The minimum atomic E-state index is -1.16. The number of nitrogens with one attached hydrogen (secondary N) is 1. The zero-order valence-electron chi connectivity index (χ0n) is 15.5. The molecule has 2 heterocycles. The lowest BCUT2D eigenvalue weighted by Gasteiger charge is -2.22. The lowest BCUT2D eigenvalue weighted by molar-refractivity contribution is 0.0693. The summed E-state index contributed by atoms with van der Waals surface area (Å²) >= 11 is 0. The summed E-state index contributed by atoms with van der Waals surface area (Å²) in [6.07, 6.45) is 0. The predicted molar refractivity (Wildman–Crippen MR) is 113 cm³/mol. The molecule has 5 rings (SSSR count). The van der Waals surface area contributed by atoms with E-state index in [1.54, 1.807) is 6.07 Å². The topological polar surface area (TPSA) is 74.5 Å². The molecule has 0 saturated carbocycles. The van der Waals surface area contributed by atoms with E-state index < -0.39 is 5.97 Å². The number of aromatic carboxylic acids is 1. The normalized spacial score (nSPS) is 12.0. The Hall–Kier alpha value is -3.99. The summed E-state index contributed by atoms with van der Waals surface area (Å²) in [5.41, 5.74) is 5.96. The van der Waals surface area contributed by atoms with Gasteiger partial charge in [-0.05, 0) is 41.0 Å². The van der Waals surface area contributed by atoms with Crippen LogP contribution >= 0.6 is 0 Å². The van der Waals surface area contributed by atoms with Gasteiger partial charge in [0.05, 0.1) is 5.69 Å². The number of carbonyl (C=O) groups is 1. The Morgan fingerprint density at radius 2 is 1.66 bits per heavy atom. The van der Waals surface area contributed by atoms with Gasteiger partial charge in [-0.25, -0.2) is 4.79 Å². The summed E-state index contributed by atoms with van der Waals surface area (Å²) in [5, 5.41) is 22.9. The van der Waals surface area contributed by atoms with Crippen LogP contribution in [-0.2, 0) is 6.54 Å². The second-order valence-corrected chi connectivity index (χ2v) is 7.01. The third kappa shape index (κ3) is 2.75. The SMILES string of the molecule is O=C(O)c1cc(-n2c(-c3ccccc3)cc3c2NCc2ccccc2-3)ccc1O. The number of aromatic nitrogens is 1. The smallest absolute Gasteiger partial charge is 0.339 e. The van der Waals surface area contributed by atoms with Crippen molar-refractivity contribution in [2.75, 3.05) is 5.32 Å². The maximum absolute atomic E-state index is 11.6. The predicted octanol–water partition coefficient (Wildman–Crippen LogP) is 5.14. The van der Waals surface area contributed by atoms with Crippen LogP contribution in [0.5, 0.6) is 5.75 Å². The van der Waals surface area contributed by atoms with Gasteiger partial charge in [0.25, 0.3) is 0 Å². The standard InChI is InChI=1S/C24H18N2O3/c27-22-11-10-17(12-20(22)24(28)29)26-21(15-6-2-1-3-7-15)13-19-18-9-5-4-8-16(18)14-25-23(19)26/h1-13,25,27H,14H2,(H,28,29). The first-order valence-corrected chi connectivity index (χ1v) is 9.33. The third-order valence-corrected chi connectivity index (χ3v) is 5.29. The summed E-state index contributed by atoms with van der Waals surface area (Å²) < 4.78 is 2.02. The molecule has 1 aliphatic rings. The Morgan fingerprint density at radius 1 is 0.897 bits per heavy atom. The molecule has 0 atom stereocenters. The summed E-state index contributed by atoms with van der Waals surface area (Å²) in [7, 11) is 0. The van der Waals surface area contributed by atoms with Crippen molar-refractivity contribution < 1.29 is 15.0 Å². The van der Waals surface area contributed by atoms with Gasteiger partial charge in [-0.3, -0.25) is 4.57 Å². The highest BCUT2D eigenvalue weighted by Crippen LogP contribution is 2.43. The van der Waals surface area contributed by atoms with Gasteiger partial charge in [0.15, 0.2) is 0 Å². The van der Waals surface area contributed by atoms with E-state index in [1.807, 2.05) is 47.0 Å². The Morgan fingerprint density at radius 3 is 2.45 bits per heavy atom. The van der Waals surface area contributed by atoms with E-state index in [9.17, 15) is 15.0 Å². The van der Waals surface area contributed by atoms with Crippen LogP contribution in [0.2, 0.25) is 0 Å². The first-order valence-electron chi connectivity index (χ1n) is 9.33. The number of anilines is 1. The first-order chi connectivity index (χ1) is 14.1. The molecule has 0 spiro atoms. The van der Waals surface area contributed by atoms with E-state index in [4.69, 9.17) is 0 Å². The lowest BCUT2D eigenvalue weighted by atomic mass is 9.98. The van der Waals surface area contributed by atoms with Crippen molar-refractivity contribution in [3.05, 3.63) is 90.0 Å². The molecular formula is C24H18N2O3. The number of rotatable bonds is 3. The van der Waals surface area contributed by atoms with E-state index in [1.165, 1.54) is 17.7 Å². The average Bonchev–Trinajstić information content (AvgIpc) is 3.15. The first kappa shape index (κ1) is 17.1. The molecule has 1 aromatic heterocycles. The lowest BCUT2D eigenvalue weighted by Crippen LogP contribution is -2.12. The number of carboxylic acids is 1. The molecule has 5 heteroatoms. The molecular weight excluding hydrogens is 364 g/mol. The molecule has 1 aliphatic heterocycles. The van der Waals surface area contributed by atoms with Gasteiger partial charge in [0.2, 0.25) is 0 Å². The van der Waals surface area contributed by atoms with Crippen molar-refractivity contribution in [3.8, 4) is 33.8 Å². The number of carboxylic acid groups (broad SMARTS) is 1. The van der Waals surface area contributed by atoms with Crippen LogP contribution in [0.4, 0.5) is 5.82 Å². The van der Waals surface area contributed by atoms with Gasteiger partial charge in [0, 0.05) is 17.8 Å². The quantitative estimate of drug-likeness (QED) is 0.459. The largest absolute Gasteiger partial charge is 0.507 e. The Bertz CT molecular complexity index is 1240. The van der Waals surface area contributed by atoms with E-state index >= 15 is 0 Å². The van der Waals surface area contributed by atoms with Crippen LogP contribution in [0.3, 0.4) is 0 Å². The van der Waals surface area contributed by atoms with E-state index in [2.05, 4.69) is 23.5 Å². The van der Waals surface area contributed by atoms with Crippen LogP contribution in [0, 0.1) is 0 Å². The minimum Gasteiger partial charge on any atom is -0.507 e. The third-order valence-electron chi connectivity index (χ3n) is 5.29. The fourth-order valence-electron chi connectivity index (χ4n) is 3.93. The van der Waals surface area contributed by atoms with E-state index in [0.717, 1.165) is 28.2 Å². The molecule has 4 aromatic rings. The van der Waals surface area contributed by atoms with Gasteiger partial charge >= 0.3 is 5.97 Å². The molecule has 0 radical (unpaired) electrons. The van der Waals surface area contributed by atoms with Crippen molar-refractivity contribution in [1.29, 1.82) is 0 Å². The molecule has 142 valence electrons. The molecule has 3 N–H and O–H groups in total. The summed E-state index contributed by atoms with van der Waals surface area (Å²) in [6, 6.07) is 25.0. The number of aromatic hydroxyl groups is 1. The molecule has 29 heavy (non-hydrogen) atoms. The molecule has 5 nitrogen and oxygen atoms in total. The number of benzene rings is 3. The zero-order chi connectivity index (χ0) is 20.0. The van der Waals surface area contributed by atoms with E-state index in [0.29, 0.717) is 12.2 Å². The number of hydrogen-bond acceptors (Lipinski definition) is 3. The number of phenols is 1. The van der Waals surface area contributed by atoms with Gasteiger partial charge < -0.3 is 15.5 Å². The van der Waals surface area contributed by atoms with Gasteiger partial charge in [-0.1, -0.05) is 54.6 Å². The van der Waals surface area contributed by atoms with Crippen LogP contribution < -0.4 is 5.32 Å². The Balaban J connectivity index is 1.81. The van der Waals surface area contributed by atoms with E-state index in [-0.39, 0.29) is 11.3 Å². The Labute approximate surface area is 167 Å². The highest BCUT2D eigenvalue weighted by molar-refractivity contribution is 5.92. The van der Waals surface area contributed by atoms with Crippen LogP contribution in [0.25, 0.3) is 28.1 Å². The van der Waals surface area contributed by atoms with Crippen molar-refractivity contribution >= 4 is 11.8 Å². The molecule has 0 aliphatic carbocycles. The number of nitrogens with zero attached hydrogens (tertiary/aromatic N) is 1. The molecule has 3 aromatic carbocycles. The van der Waals surface area contributed by atoms with Gasteiger partial charge in [-0.15, -0.1) is 0 Å². The minimum absolute atomic E-state index is 0.125. The van der Waals surface area contributed by atoms with Crippen molar-refractivity contribution in [3.63, 3.8) is 0 Å². The van der Waals surface area contributed by atoms with Gasteiger partial charge in [0.1, 0.15) is 17.1 Å². The van der Waals surface area contributed by atoms with Crippen LogP contribution in [0.1, 0.15) is 15.9 Å². The van der Waals surface area contributed by atoms with Crippen molar-refractivity contribution in [2.24, 2.45) is 0 Å². The van der Waals surface area contributed by atoms with Crippen LogP contribution in [-0.4, -0.2) is 20.7 Å². The second-order valence-electron chi connectivity index (χ2n) is 7.01. The maximum Gasteiger partial charge on any atom is 0.339 e.